The largest absolute Gasteiger partial charge is 0.147 e. The molecular weight excluding hydrogens is 188 g/mol. The summed E-state index contributed by atoms with van der Waals surface area (Å²) in [4.78, 5) is 0. The smallest absolute Gasteiger partial charge is 0.0233 e. The van der Waals surface area contributed by atoms with Gasteiger partial charge in [0, 0.05) is 10.5 Å². The zero-order chi connectivity index (χ0) is 9.64. The van der Waals surface area contributed by atoms with Crippen LogP contribution in [0.15, 0.2) is 24.3 Å². The standard InChI is InChI=1S/C13H20S/c1-2-5-9-12(8-4-1)14-13-10-6-3-7-11-13/h4,6,8,10,12-13H,1-3,5,7,9,11H2. The summed E-state index contributed by atoms with van der Waals surface area (Å²) in [6.07, 6.45) is 19.2. The monoisotopic (exact) mass is 208 g/mol. The van der Waals surface area contributed by atoms with Crippen molar-refractivity contribution in [1.82, 2.24) is 0 Å². The highest BCUT2D eigenvalue weighted by Crippen LogP contribution is 2.31. The van der Waals surface area contributed by atoms with Gasteiger partial charge in [0.15, 0.2) is 0 Å². The first-order valence-corrected chi connectivity index (χ1v) is 6.88. The van der Waals surface area contributed by atoms with Gasteiger partial charge in [-0.15, -0.1) is 11.8 Å². The van der Waals surface area contributed by atoms with Gasteiger partial charge in [-0.25, -0.2) is 0 Å². The molecule has 0 saturated carbocycles. The number of thioether (sulfide) groups is 1. The molecular formula is C13H20S. The second kappa shape index (κ2) is 5.65. The lowest BCUT2D eigenvalue weighted by atomic mass is 10.1. The highest BCUT2D eigenvalue weighted by atomic mass is 32.2. The van der Waals surface area contributed by atoms with Gasteiger partial charge < -0.3 is 0 Å². The van der Waals surface area contributed by atoms with Gasteiger partial charge in [-0.1, -0.05) is 30.7 Å². The number of hydrogen-bond donors (Lipinski definition) is 0. The summed E-state index contributed by atoms with van der Waals surface area (Å²) >= 11 is 2.18. The Morgan fingerprint density at radius 2 is 1.43 bits per heavy atom. The van der Waals surface area contributed by atoms with Crippen LogP contribution in [0.5, 0.6) is 0 Å². The van der Waals surface area contributed by atoms with E-state index in [1.54, 1.807) is 0 Å². The lowest BCUT2D eigenvalue weighted by molar-refractivity contribution is 0.714. The third-order valence-corrected chi connectivity index (χ3v) is 4.50. The first-order chi connectivity index (χ1) is 6.95. The van der Waals surface area contributed by atoms with Crippen LogP contribution >= 0.6 is 11.8 Å². The zero-order valence-corrected chi connectivity index (χ0v) is 9.64. The minimum atomic E-state index is 0.797. The lowest BCUT2D eigenvalue weighted by Crippen LogP contribution is -2.09. The average Bonchev–Trinajstić information content (AvgIpc) is 2.48. The van der Waals surface area contributed by atoms with Crippen molar-refractivity contribution in [3.63, 3.8) is 0 Å². The molecule has 0 heterocycles. The highest BCUT2D eigenvalue weighted by Gasteiger charge is 2.15. The summed E-state index contributed by atoms with van der Waals surface area (Å²) in [7, 11) is 0. The van der Waals surface area contributed by atoms with E-state index in [0.717, 1.165) is 10.5 Å². The normalized spacial score (nSPS) is 32.9. The Morgan fingerprint density at radius 1 is 0.786 bits per heavy atom. The van der Waals surface area contributed by atoms with E-state index in [2.05, 4.69) is 36.1 Å². The van der Waals surface area contributed by atoms with Gasteiger partial charge in [-0.05, 0) is 38.5 Å². The van der Waals surface area contributed by atoms with Gasteiger partial charge in [-0.2, -0.15) is 0 Å². The maximum Gasteiger partial charge on any atom is 0.0233 e. The zero-order valence-electron chi connectivity index (χ0n) is 8.82. The molecule has 2 aliphatic carbocycles. The lowest BCUT2D eigenvalue weighted by Gasteiger charge is -2.20. The molecule has 0 nitrogen and oxygen atoms in total. The molecule has 2 rings (SSSR count). The van der Waals surface area contributed by atoms with Crippen LogP contribution in [0.3, 0.4) is 0 Å². The van der Waals surface area contributed by atoms with Crippen molar-refractivity contribution in [2.75, 3.05) is 0 Å². The molecule has 2 aliphatic rings. The molecule has 0 aromatic carbocycles. The Hall–Kier alpha value is -0.170. The molecule has 0 saturated heterocycles. The predicted octanol–water partition coefficient (Wildman–Crippen LogP) is 4.33. The quantitative estimate of drug-likeness (QED) is 0.609. The first-order valence-electron chi connectivity index (χ1n) is 5.94. The summed E-state index contributed by atoms with van der Waals surface area (Å²) in [6, 6.07) is 0. The number of rotatable bonds is 2. The van der Waals surface area contributed by atoms with Crippen molar-refractivity contribution in [1.29, 1.82) is 0 Å². The van der Waals surface area contributed by atoms with Crippen LogP contribution in [0, 0.1) is 0 Å². The molecule has 2 atom stereocenters. The molecule has 1 heteroatoms. The molecule has 0 fully saturated rings. The van der Waals surface area contributed by atoms with Crippen molar-refractivity contribution >= 4 is 11.8 Å². The first kappa shape index (κ1) is 10.4. The molecule has 0 radical (unpaired) electrons. The maximum absolute atomic E-state index is 2.44. The molecule has 0 aromatic heterocycles. The molecule has 0 aromatic rings. The molecule has 0 bridgehead atoms. The Labute approximate surface area is 91.9 Å². The Kier molecular flexibility index (Phi) is 4.18. The maximum atomic E-state index is 2.44. The van der Waals surface area contributed by atoms with E-state index in [-0.39, 0.29) is 0 Å². The summed E-state index contributed by atoms with van der Waals surface area (Å²) in [5, 5.41) is 1.60. The minimum absolute atomic E-state index is 0.797. The second-order valence-corrected chi connectivity index (χ2v) is 5.77. The second-order valence-electron chi connectivity index (χ2n) is 4.28. The van der Waals surface area contributed by atoms with Crippen LogP contribution in [0.1, 0.15) is 44.9 Å². The fraction of sp³-hybridized carbons (Fsp3) is 0.692. The Morgan fingerprint density at radius 3 is 2.14 bits per heavy atom. The molecule has 2 unspecified atom stereocenters. The van der Waals surface area contributed by atoms with E-state index in [1.165, 1.54) is 44.9 Å². The van der Waals surface area contributed by atoms with Gasteiger partial charge in [0.05, 0.1) is 0 Å². The van der Waals surface area contributed by atoms with Gasteiger partial charge in [-0.3, -0.25) is 0 Å². The van der Waals surface area contributed by atoms with E-state index in [0.29, 0.717) is 0 Å². The van der Waals surface area contributed by atoms with E-state index in [9.17, 15) is 0 Å². The van der Waals surface area contributed by atoms with Crippen LogP contribution in [0.25, 0.3) is 0 Å². The average molecular weight is 208 g/mol. The van der Waals surface area contributed by atoms with Gasteiger partial charge >= 0.3 is 0 Å². The predicted molar refractivity (Wildman–Crippen MR) is 65.8 cm³/mol. The van der Waals surface area contributed by atoms with Crippen molar-refractivity contribution < 1.29 is 0 Å². The SMILES string of the molecule is C1=CC(SC2C=CCCC2)CCCC1. The van der Waals surface area contributed by atoms with E-state index in [1.807, 2.05) is 0 Å². The fourth-order valence-corrected chi connectivity index (χ4v) is 3.64. The molecule has 0 amide bonds. The van der Waals surface area contributed by atoms with E-state index < -0.39 is 0 Å². The summed E-state index contributed by atoms with van der Waals surface area (Å²) in [5.74, 6) is 0. The van der Waals surface area contributed by atoms with Crippen molar-refractivity contribution in [2.45, 2.75) is 55.4 Å². The van der Waals surface area contributed by atoms with E-state index in [4.69, 9.17) is 0 Å². The minimum Gasteiger partial charge on any atom is -0.147 e. The Bertz CT molecular complexity index is 217. The number of hydrogen-bond acceptors (Lipinski definition) is 1. The third kappa shape index (κ3) is 3.20. The molecule has 0 aliphatic heterocycles. The van der Waals surface area contributed by atoms with Crippen molar-refractivity contribution in [3.8, 4) is 0 Å². The van der Waals surface area contributed by atoms with Gasteiger partial charge in [0.1, 0.15) is 0 Å². The van der Waals surface area contributed by atoms with Gasteiger partial charge in [0.25, 0.3) is 0 Å². The fourth-order valence-electron chi connectivity index (χ4n) is 2.18. The van der Waals surface area contributed by atoms with Crippen molar-refractivity contribution in [2.24, 2.45) is 0 Å². The Balaban J connectivity index is 1.82. The van der Waals surface area contributed by atoms with Crippen LogP contribution in [-0.4, -0.2) is 10.5 Å². The molecule has 78 valence electrons. The van der Waals surface area contributed by atoms with Gasteiger partial charge in [0.2, 0.25) is 0 Å². The summed E-state index contributed by atoms with van der Waals surface area (Å²) in [5.41, 5.74) is 0. The molecule has 0 spiro atoms. The van der Waals surface area contributed by atoms with Crippen LogP contribution in [0.4, 0.5) is 0 Å². The topological polar surface area (TPSA) is 0 Å². The summed E-state index contributed by atoms with van der Waals surface area (Å²) < 4.78 is 0. The summed E-state index contributed by atoms with van der Waals surface area (Å²) in [6.45, 7) is 0. The van der Waals surface area contributed by atoms with Crippen LogP contribution in [0.2, 0.25) is 0 Å². The highest BCUT2D eigenvalue weighted by molar-refractivity contribution is 8.00. The molecule has 14 heavy (non-hydrogen) atoms. The van der Waals surface area contributed by atoms with Crippen LogP contribution < -0.4 is 0 Å². The third-order valence-electron chi connectivity index (χ3n) is 3.02. The van der Waals surface area contributed by atoms with E-state index >= 15 is 0 Å². The van der Waals surface area contributed by atoms with Crippen molar-refractivity contribution in [3.05, 3.63) is 24.3 Å². The number of allylic oxidation sites excluding steroid dienone is 2. The van der Waals surface area contributed by atoms with Crippen LogP contribution in [-0.2, 0) is 0 Å². The molecule has 0 N–H and O–H groups in total.